The summed E-state index contributed by atoms with van der Waals surface area (Å²) >= 11 is 0. The number of hydrogen-bond donors (Lipinski definition) is 3. The quantitative estimate of drug-likeness (QED) is 0.368. The Hall–Kier alpha value is -4.35. The van der Waals surface area contributed by atoms with E-state index in [0.29, 0.717) is 5.69 Å². The van der Waals surface area contributed by atoms with Crippen molar-refractivity contribution in [2.75, 3.05) is 16.8 Å². The molecule has 3 atom stereocenters. The number of para-hydroxylation sites is 1. The van der Waals surface area contributed by atoms with Gasteiger partial charge in [-0.1, -0.05) is 12.1 Å². The Balaban J connectivity index is 1.98. The Morgan fingerprint density at radius 2 is 1.66 bits per heavy atom. The van der Waals surface area contributed by atoms with Gasteiger partial charge in [-0.05, 0) is 43.2 Å². The first-order valence-electron chi connectivity index (χ1n) is 12.2. The molecule has 1 heterocycles. The van der Waals surface area contributed by atoms with Crippen LogP contribution < -0.4 is 21.3 Å². The third-order valence-electron chi connectivity index (χ3n) is 6.48. The van der Waals surface area contributed by atoms with E-state index in [2.05, 4.69) is 10.6 Å². The van der Waals surface area contributed by atoms with Crippen LogP contribution in [0.5, 0.6) is 0 Å². The summed E-state index contributed by atoms with van der Waals surface area (Å²) in [4.78, 5) is 39.7. The molecule has 220 valence electrons. The Morgan fingerprint density at radius 3 is 2.24 bits per heavy atom. The molecule has 1 aliphatic rings. The number of nitrogens with zero attached hydrogens (tertiary/aromatic N) is 2. The van der Waals surface area contributed by atoms with Crippen molar-refractivity contribution in [2.45, 2.75) is 44.1 Å². The lowest BCUT2D eigenvalue weighted by Gasteiger charge is -2.29. The van der Waals surface area contributed by atoms with Crippen LogP contribution in [0.3, 0.4) is 0 Å². The van der Waals surface area contributed by atoms with E-state index in [-0.39, 0.29) is 16.9 Å². The lowest BCUT2D eigenvalue weighted by molar-refractivity contribution is -0.152. The number of nitrogens with one attached hydrogen (secondary N) is 2. The average Bonchev–Trinajstić information content (AvgIpc) is 3.01. The normalized spacial score (nSPS) is 17.0. The van der Waals surface area contributed by atoms with Gasteiger partial charge >= 0.3 is 12.4 Å². The molecule has 0 fully saturated rings. The summed E-state index contributed by atoms with van der Waals surface area (Å²) in [6.45, 7) is -0.418. The van der Waals surface area contributed by atoms with Gasteiger partial charge in [0.2, 0.25) is 17.7 Å². The highest BCUT2D eigenvalue weighted by atomic mass is 19.4. The molecule has 15 heteroatoms. The summed E-state index contributed by atoms with van der Waals surface area (Å²) in [5.74, 6) is -8.44. The number of carbonyl (C=O) groups excluding carboxylic acids is 3. The van der Waals surface area contributed by atoms with Gasteiger partial charge in [0.15, 0.2) is 0 Å². The van der Waals surface area contributed by atoms with Crippen LogP contribution in [0.2, 0.25) is 0 Å². The second kappa shape index (κ2) is 12.4. The van der Waals surface area contributed by atoms with Crippen LogP contribution in [0.4, 0.5) is 47.8 Å². The second-order valence-corrected chi connectivity index (χ2v) is 9.38. The molecule has 2 aromatic carbocycles. The molecule has 0 aliphatic carbocycles. The smallest absolute Gasteiger partial charge is 0.369 e. The monoisotopic (exact) mass is 587 g/mol. The Bertz CT molecular complexity index is 1340. The maximum atomic E-state index is 14.7. The fourth-order valence-electron chi connectivity index (χ4n) is 4.51. The van der Waals surface area contributed by atoms with Crippen LogP contribution in [-0.2, 0) is 14.4 Å². The largest absolute Gasteiger partial charge is 0.389 e. The minimum atomic E-state index is -4.81. The zero-order valence-electron chi connectivity index (χ0n) is 21.2. The molecule has 4 N–H and O–H groups in total. The van der Waals surface area contributed by atoms with Gasteiger partial charge in [0.25, 0.3) is 0 Å². The van der Waals surface area contributed by atoms with Gasteiger partial charge in [-0.2, -0.15) is 31.6 Å². The number of nitrogens with two attached hydrogens (primary N) is 1. The number of alkyl halides is 6. The predicted octanol–water partition coefficient (Wildman–Crippen LogP) is 4.68. The van der Waals surface area contributed by atoms with Gasteiger partial charge < -0.3 is 21.3 Å². The first-order chi connectivity index (χ1) is 19.1. The highest BCUT2D eigenvalue weighted by molar-refractivity contribution is 6.03. The summed E-state index contributed by atoms with van der Waals surface area (Å²) < 4.78 is 92.4. The second-order valence-electron chi connectivity index (χ2n) is 9.38. The van der Waals surface area contributed by atoms with E-state index in [0.717, 1.165) is 6.07 Å². The van der Waals surface area contributed by atoms with Crippen LogP contribution in [0.1, 0.15) is 31.2 Å². The van der Waals surface area contributed by atoms with Crippen molar-refractivity contribution in [1.29, 1.82) is 5.26 Å². The average molecular weight is 587 g/mol. The van der Waals surface area contributed by atoms with Crippen molar-refractivity contribution >= 4 is 34.8 Å². The predicted molar refractivity (Wildman–Crippen MR) is 132 cm³/mol. The van der Waals surface area contributed by atoms with E-state index in [1.54, 1.807) is 0 Å². The molecule has 2 aromatic rings. The molecule has 0 radical (unpaired) electrons. The molecular formula is C26H24F7N5O3. The van der Waals surface area contributed by atoms with Crippen molar-refractivity contribution in [3.8, 4) is 6.07 Å². The van der Waals surface area contributed by atoms with E-state index in [9.17, 15) is 50.4 Å². The fourth-order valence-corrected chi connectivity index (χ4v) is 4.51. The van der Waals surface area contributed by atoms with Gasteiger partial charge in [0, 0.05) is 30.4 Å². The molecule has 3 rings (SSSR count). The number of benzene rings is 2. The van der Waals surface area contributed by atoms with Crippen molar-refractivity contribution in [2.24, 2.45) is 17.6 Å². The topological polar surface area (TPSA) is 128 Å². The molecule has 0 spiro atoms. The zero-order valence-corrected chi connectivity index (χ0v) is 21.2. The third-order valence-corrected chi connectivity index (χ3v) is 6.48. The van der Waals surface area contributed by atoms with Crippen LogP contribution in [-0.4, -0.2) is 42.7 Å². The van der Waals surface area contributed by atoms with Crippen molar-refractivity contribution < 1.29 is 45.1 Å². The number of carbonyl (C=O) groups is 3. The number of nitriles is 1. The number of anilines is 3. The van der Waals surface area contributed by atoms with Crippen molar-refractivity contribution in [3.63, 3.8) is 0 Å². The number of amides is 3. The molecule has 0 bridgehead atoms. The van der Waals surface area contributed by atoms with E-state index in [1.165, 1.54) is 41.3 Å². The highest BCUT2D eigenvalue weighted by Crippen LogP contribution is 2.37. The number of primary amides is 1. The molecule has 0 saturated heterocycles. The first-order valence-corrected chi connectivity index (χ1v) is 12.2. The van der Waals surface area contributed by atoms with E-state index in [4.69, 9.17) is 5.73 Å². The van der Waals surface area contributed by atoms with Crippen molar-refractivity contribution in [1.82, 2.24) is 5.32 Å². The molecule has 1 aliphatic heterocycles. The summed E-state index contributed by atoms with van der Waals surface area (Å²) in [6.07, 6.45) is -14.9. The summed E-state index contributed by atoms with van der Waals surface area (Å²) in [7, 11) is 0. The van der Waals surface area contributed by atoms with Gasteiger partial charge in [-0.15, -0.1) is 0 Å². The number of rotatable bonds is 9. The Kier molecular flexibility index (Phi) is 9.46. The minimum Gasteiger partial charge on any atom is -0.369 e. The van der Waals surface area contributed by atoms with Gasteiger partial charge in [0.1, 0.15) is 17.5 Å². The third kappa shape index (κ3) is 8.32. The number of halogens is 7. The van der Waals surface area contributed by atoms with Gasteiger partial charge in [0.05, 0.1) is 23.9 Å². The number of fused-ring (bicyclic) bond motifs is 1. The lowest BCUT2D eigenvalue weighted by atomic mass is 9.83. The van der Waals surface area contributed by atoms with Crippen LogP contribution >= 0.6 is 0 Å². The van der Waals surface area contributed by atoms with Crippen LogP contribution in [0, 0.1) is 29.0 Å². The number of hydrogen-bond acceptors (Lipinski definition) is 5. The van der Waals surface area contributed by atoms with Crippen LogP contribution in [0.15, 0.2) is 42.5 Å². The molecule has 0 unspecified atom stereocenters. The van der Waals surface area contributed by atoms with E-state index in [1.807, 2.05) is 6.07 Å². The summed E-state index contributed by atoms with van der Waals surface area (Å²) in [5, 5.41) is 13.8. The minimum absolute atomic E-state index is 0.124. The Labute approximate surface area is 229 Å². The zero-order chi connectivity index (χ0) is 30.5. The highest BCUT2D eigenvalue weighted by Gasteiger charge is 2.41. The van der Waals surface area contributed by atoms with Gasteiger partial charge in [-0.3, -0.25) is 14.4 Å². The molecule has 41 heavy (non-hydrogen) atoms. The molecule has 8 nitrogen and oxygen atoms in total. The molecule has 3 amide bonds. The summed E-state index contributed by atoms with van der Waals surface area (Å²) in [5.41, 5.74) is 5.54. The first kappa shape index (κ1) is 31.2. The SMILES string of the molecule is N#Cc1cccc(N2C[C@H](NC(=O)[C@@H](CCC(F)(F)F)[C@@H](CCC(F)(F)F)C(N)=O)C(=O)Nc3c(F)cccc32)c1. The molecule has 0 saturated carbocycles. The lowest BCUT2D eigenvalue weighted by Crippen LogP contribution is -2.52. The molecule has 0 aromatic heterocycles. The van der Waals surface area contributed by atoms with E-state index < -0.39 is 86.0 Å². The fraction of sp³-hybridized carbons (Fsp3) is 0.385. The van der Waals surface area contributed by atoms with E-state index >= 15 is 0 Å². The van der Waals surface area contributed by atoms with Crippen LogP contribution in [0.25, 0.3) is 0 Å². The summed E-state index contributed by atoms with van der Waals surface area (Å²) in [6, 6.07) is 10.1. The Morgan fingerprint density at radius 1 is 1.05 bits per heavy atom. The maximum Gasteiger partial charge on any atom is 0.389 e. The van der Waals surface area contributed by atoms with Crippen molar-refractivity contribution in [3.05, 3.63) is 53.8 Å². The standard InChI is InChI=1S/C26H24F7N5O3/c27-18-5-2-6-20-21(18)37-24(41)19(13-38(20)15-4-1-3-14(11-15)12-34)36-23(40)17(8-10-26(31,32)33)16(22(35)39)7-9-25(28,29)30/h1-6,11,16-17,19H,7-10,13H2,(H2,35,39)(H,36,40)(H,37,41)/t16-,17+,19+/m1/s1. The maximum absolute atomic E-state index is 14.7. The molecular weight excluding hydrogens is 563 g/mol. The van der Waals surface area contributed by atoms with Gasteiger partial charge in [-0.25, -0.2) is 4.39 Å².